The zero-order valence-corrected chi connectivity index (χ0v) is 13.7. The topological polar surface area (TPSA) is 0 Å². The predicted molar refractivity (Wildman–Crippen MR) is 53.1 cm³/mol. The molecule has 0 aromatic carbocycles. The average Bonchev–Trinajstić information content (AvgIpc) is 2.42. The summed E-state index contributed by atoms with van der Waals surface area (Å²) in [4.78, 5) is 0. The molecule has 23 heteroatoms. The minimum atomic E-state index is -15.2. The Bertz CT molecular complexity index is 654. The average molecular weight is 545 g/mol. The van der Waals surface area contributed by atoms with Gasteiger partial charge in [-0.05, 0) is 0 Å². The van der Waals surface area contributed by atoms with Crippen LogP contribution in [-0.2, 0) is 0 Å². The summed E-state index contributed by atoms with van der Waals surface area (Å²) in [5.74, 6) is -36.7. The molecule has 0 atom stereocenters. The number of rotatable bonds is 6. The molecule has 0 aromatic rings. The summed E-state index contributed by atoms with van der Waals surface area (Å²) >= 11 is 0. The van der Waals surface area contributed by atoms with Gasteiger partial charge < -0.3 is 0 Å². The van der Waals surface area contributed by atoms with Gasteiger partial charge in [0.1, 0.15) is 0 Å². The molecule has 0 radical (unpaired) electrons. The van der Waals surface area contributed by atoms with Gasteiger partial charge in [-0.2, -0.15) is 0 Å². The fraction of sp³-hybridized carbons (Fsp3) is 1.00. The van der Waals surface area contributed by atoms with Crippen LogP contribution in [0, 0.1) is 0 Å². The van der Waals surface area contributed by atoms with E-state index in [0.29, 0.717) is 0 Å². The molecule has 0 heterocycles. The van der Waals surface area contributed by atoms with Gasteiger partial charge >= 0.3 is 150 Å². The zero-order valence-electron chi connectivity index (χ0n) is 12.8. The van der Waals surface area contributed by atoms with Crippen molar-refractivity contribution in [2.24, 2.45) is 0 Å². The first-order chi connectivity index (χ1) is 12.5. The second-order valence-corrected chi connectivity index (χ2v) is 9.01. The molecular weight excluding hydrogens is 545 g/mol. The summed E-state index contributed by atoms with van der Waals surface area (Å²) in [5.41, 5.74) is -20.5. The molecule has 0 nitrogen and oxygen atoms in total. The van der Waals surface area contributed by atoms with Gasteiger partial charge in [-0.25, -0.2) is 0 Å². The van der Waals surface area contributed by atoms with E-state index in [4.69, 9.17) is 0 Å². The Hall–Kier alpha value is -1.11. The first-order valence-corrected chi connectivity index (χ1v) is 8.27. The minimum absolute atomic E-state index is 8.27. The maximum atomic E-state index is 13.1. The molecule has 0 aliphatic rings. The van der Waals surface area contributed by atoms with Crippen molar-refractivity contribution in [3.05, 3.63) is 0 Å². The van der Waals surface area contributed by atoms with Crippen LogP contribution in [0.2, 0.25) is 0 Å². The molecule has 0 fully saturated rings. The fourth-order valence-electron chi connectivity index (χ4n) is 1.48. The van der Waals surface area contributed by atoms with E-state index in [0.717, 1.165) is 0 Å². The van der Waals surface area contributed by atoms with Crippen LogP contribution in [0.1, 0.15) is 0 Å². The summed E-state index contributed by atoms with van der Waals surface area (Å²) in [6, 6.07) is 0. The molecule has 31 heavy (non-hydrogen) atoms. The van der Waals surface area contributed by atoms with Crippen LogP contribution in [0.4, 0.5) is 95.8 Å². The van der Waals surface area contributed by atoms with Crippen molar-refractivity contribution in [3.8, 4) is 0 Å². The van der Waals surface area contributed by atoms with Crippen molar-refractivity contribution in [1.29, 1.82) is 0 Å². The van der Waals surface area contributed by atoms with Gasteiger partial charge in [-0.15, -0.1) is 0 Å². The van der Waals surface area contributed by atoms with E-state index in [1.807, 2.05) is 0 Å². The molecular formula is C8F22P-. The molecule has 0 saturated carbocycles. The van der Waals surface area contributed by atoms with Gasteiger partial charge in [0.15, 0.2) is 0 Å². The summed E-state index contributed by atoms with van der Waals surface area (Å²) < 4.78 is 276. The first-order valence-electron chi connectivity index (χ1n) is 6.03. The second-order valence-electron chi connectivity index (χ2n) is 5.55. The Balaban J connectivity index is 7.49. The molecule has 0 aliphatic carbocycles. The zero-order chi connectivity index (χ0) is 26.4. The Morgan fingerprint density at radius 1 is 0.290 bits per heavy atom. The molecule has 0 bridgehead atoms. The van der Waals surface area contributed by atoms with Crippen molar-refractivity contribution in [3.63, 3.8) is 0 Å². The monoisotopic (exact) mass is 545 g/mol. The van der Waals surface area contributed by atoms with Gasteiger partial charge in [0, 0.05) is 0 Å². The van der Waals surface area contributed by atoms with E-state index in [-0.39, 0.29) is 0 Å². The third-order valence-electron chi connectivity index (χ3n) is 3.39. The van der Waals surface area contributed by atoms with E-state index in [2.05, 4.69) is 0 Å². The van der Waals surface area contributed by atoms with Gasteiger partial charge in [-0.3, -0.25) is 0 Å². The summed E-state index contributed by atoms with van der Waals surface area (Å²) in [6.07, 6.45) is -16.5. The Morgan fingerprint density at radius 2 is 0.452 bits per heavy atom. The number of halogens is 22. The SMILES string of the molecule is FC(F)(F)C(F)(F)C(F)(F)C(F)(F)[P-](F)(F)(F)(F)C(F)(F)C(F)(F)C(F)(F)C(F)(F)F. The molecule has 0 amide bonds. The first kappa shape index (κ1) is 29.9. The second kappa shape index (κ2) is 5.87. The Kier molecular flexibility index (Phi) is 5.66. The number of hydrogen-bond acceptors (Lipinski definition) is 0. The van der Waals surface area contributed by atoms with Crippen molar-refractivity contribution < 1.29 is 95.8 Å². The van der Waals surface area contributed by atoms with Crippen LogP contribution < -0.4 is 0 Å². The maximum absolute atomic E-state index is 15.2. The standard InChI is InChI=1S/C8F22P/c9-1(10,5(17,18)19)3(13,14)7(23,24)31(27,28,29,30)8(25,26)4(15,16)2(11,12)6(20,21)22/q-1. The van der Waals surface area contributed by atoms with Gasteiger partial charge in [0.25, 0.3) is 0 Å². The quantitative estimate of drug-likeness (QED) is 0.232. The third-order valence-corrected chi connectivity index (χ3v) is 6.21. The molecule has 0 N–H and O–H groups in total. The Morgan fingerprint density at radius 3 is 0.581 bits per heavy atom. The molecule has 0 unspecified atom stereocenters. The molecule has 192 valence electrons. The number of hydrogen-bond donors (Lipinski definition) is 0. The van der Waals surface area contributed by atoms with E-state index >= 15 is 0 Å². The van der Waals surface area contributed by atoms with Crippen molar-refractivity contribution >= 4 is 7.19 Å². The summed E-state index contributed by atoms with van der Waals surface area (Å²) in [6.45, 7) is 0. The van der Waals surface area contributed by atoms with Crippen LogP contribution in [0.15, 0.2) is 0 Å². The van der Waals surface area contributed by atoms with Gasteiger partial charge in [0.05, 0.1) is 0 Å². The molecule has 0 aromatic heterocycles. The molecule has 0 saturated heterocycles. The van der Waals surface area contributed by atoms with Crippen LogP contribution in [0.25, 0.3) is 0 Å². The molecule has 0 rings (SSSR count). The van der Waals surface area contributed by atoms with Gasteiger partial charge in [0.2, 0.25) is 0 Å². The predicted octanol–water partition coefficient (Wildman–Crippen LogP) is 8.46. The molecule has 0 spiro atoms. The van der Waals surface area contributed by atoms with Crippen molar-refractivity contribution in [2.75, 3.05) is 0 Å². The number of alkyl halides is 18. The normalized spacial score (nSPS) is 19.2. The van der Waals surface area contributed by atoms with Crippen LogP contribution >= 0.6 is 7.19 Å². The van der Waals surface area contributed by atoms with E-state index in [9.17, 15) is 95.8 Å². The van der Waals surface area contributed by atoms with E-state index in [1.54, 1.807) is 0 Å². The molecule has 0 aliphatic heterocycles. The fourth-order valence-corrected chi connectivity index (χ4v) is 3.24. The van der Waals surface area contributed by atoms with Crippen LogP contribution in [0.5, 0.6) is 0 Å². The van der Waals surface area contributed by atoms with E-state index < -0.39 is 54.6 Å². The summed E-state index contributed by atoms with van der Waals surface area (Å²) in [5, 5.41) is 0. The third kappa shape index (κ3) is 3.04. The summed E-state index contributed by atoms with van der Waals surface area (Å²) in [7, 11) is -15.2. The Labute approximate surface area is 152 Å². The van der Waals surface area contributed by atoms with Crippen LogP contribution in [-0.4, -0.2) is 47.4 Å². The van der Waals surface area contributed by atoms with E-state index in [1.165, 1.54) is 0 Å². The van der Waals surface area contributed by atoms with Crippen molar-refractivity contribution in [1.82, 2.24) is 0 Å². The van der Waals surface area contributed by atoms with Crippen LogP contribution in [0.3, 0.4) is 0 Å². The van der Waals surface area contributed by atoms with Gasteiger partial charge in [-0.1, -0.05) is 0 Å². The van der Waals surface area contributed by atoms with Crippen molar-refractivity contribution in [2.45, 2.75) is 47.4 Å².